The summed E-state index contributed by atoms with van der Waals surface area (Å²) in [6.07, 6.45) is 0. The van der Waals surface area contributed by atoms with Crippen molar-refractivity contribution in [3.8, 4) is 0 Å². The lowest BCUT2D eigenvalue weighted by Gasteiger charge is -2.31. The topological polar surface area (TPSA) is 32.8 Å². The molecule has 1 amide bonds. The Labute approximate surface area is 98.5 Å². The SMILES string of the molecule is CN(CCN1CCOCC1)C(=O)C(C)(C)C. The van der Waals surface area contributed by atoms with E-state index in [4.69, 9.17) is 4.74 Å². The zero-order chi connectivity index (χ0) is 12.2. The lowest BCUT2D eigenvalue weighted by molar-refractivity contribution is -0.138. The van der Waals surface area contributed by atoms with Crippen LogP contribution in [0.2, 0.25) is 0 Å². The molecule has 0 aromatic heterocycles. The van der Waals surface area contributed by atoms with Gasteiger partial charge in [-0.2, -0.15) is 0 Å². The Morgan fingerprint density at radius 1 is 1.31 bits per heavy atom. The zero-order valence-corrected chi connectivity index (χ0v) is 11.0. The molecule has 1 saturated heterocycles. The van der Waals surface area contributed by atoms with E-state index in [0.29, 0.717) is 0 Å². The second-order valence-electron chi connectivity index (χ2n) is 5.43. The van der Waals surface area contributed by atoms with Crippen molar-refractivity contribution in [1.82, 2.24) is 9.80 Å². The fourth-order valence-electron chi connectivity index (χ4n) is 1.79. The van der Waals surface area contributed by atoms with Gasteiger partial charge in [-0.15, -0.1) is 0 Å². The Balaban J connectivity index is 2.28. The molecule has 0 atom stereocenters. The second kappa shape index (κ2) is 5.64. The highest BCUT2D eigenvalue weighted by Crippen LogP contribution is 2.16. The molecule has 0 aromatic rings. The molecule has 0 spiro atoms. The first-order valence-electron chi connectivity index (χ1n) is 5.97. The zero-order valence-electron chi connectivity index (χ0n) is 11.0. The van der Waals surface area contributed by atoms with Gasteiger partial charge in [0.25, 0.3) is 0 Å². The molecule has 1 rings (SSSR count). The molecule has 1 aliphatic heterocycles. The Morgan fingerprint density at radius 2 is 1.88 bits per heavy atom. The Morgan fingerprint density at radius 3 is 2.38 bits per heavy atom. The van der Waals surface area contributed by atoms with Gasteiger partial charge in [-0.1, -0.05) is 20.8 Å². The van der Waals surface area contributed by atoms with Crippen molar-refractivity contribution in [1.29, 1.82) is 0 Å². The molecule has 16 heavy (non-hydrogen) atoms. The molecule has 1 fully saturated rings. The highest BCUT2D eigenvalue weighted by molar-refractivity contribution is 5.81. The van der Waals surface area contributed by atoms with E-state index in [-0.39, 0.29) is 11.3 Å². The first kappa shape index (κ1) is 13.5. The molecular formula is C12H24N2O2. The van der Waals surface area contributed by atoms with Crippen molar-refractivity contribution in [2.24, 2.45) is 5.41 Å². The first-order valence-corrected chi connectivity index (χ1v) is 5.97. The quantitative estimate of drug-likeness (QED) is 0.717. The van der Waals surface area contributed by atoms with Gasteiger partial charge in [0, 0.05) is 38.6 Å². The van der Waals surface area contributed by atoms with Gasteiger partial charge in [-0.3, -0.25) is 9.69 Å². The molecule has 4 heteroatoms. The van der Waals surface area contributed by atoms with Gasteiger partial charge < -0.3 is 9.64 Å². The molecule has 0 unspecified atom stereocenters. The van der Waals surface area contributed by atoms with Gasteiger partial charge in [-0.25, -0.2) is 0 Å². The number of morpholine rings is 1. The predicted octanol–water partition coefficient (Wildman–Crippen LogP) is 0.823. The van der Waals surface area contributed by atoms with Gasteiger partial charge in [0.05, 0.1) is 13.2 Å². The average molecular weight is 228 g/mol. The summed E-state index contributed by atoms with van der Waals surface area (Å²) in [6.45, 7) is 11.2. The number of carbonyl (C=O) groups excluding carboxylic acids is 1. The van der Waals surface area contributed by atoms with Crippen LogP contribution in [-0.4, -0.2) is 62.1 Å². The number of rotatable bonds is 3. The fourth-order valence-corrected chi connectivity index (χ4v) is 1.79. The van der Waals surface area contributed by atoms with E-state index in [1.807, 2.05) is 32.7 Å². The summed E-state index contributed by atoms with van der Waals surface area (Å²) < 4.78 is 5.29. The summed E-state index contributed by atoms with van der Waals surface area (Å²) in [5.41, 5.74) is -0.278. The predicted molar refractivity (Wildman–Crippen MR) is 64.4 cm³/mol. The lowest BCUT2D eigenvalue weighted by atomic mass is 9.95. The summed E-state index contributed by atoms with van der Waals surface area (Å²) in [5, 5.41) is 0. The maximum atomic E-state index is 11.9. The van der Waals surface area contributed by atoms with Gasteiger partial charge in [-0.05, 0) is 0 Å². The van der Waals surface area contributed by atoms with Crippen LogP contribution >= 0.6 is 0 Å². The third-order valence-corrected chi connectivity index (χ3v) is 2.84. The van der Waals surface area contributed by atoms with Gasteiger partial charge in [0.1, 0.15) is 0 Å². The molecule has 94 valence electrons. The summed E-state index contributed by atoms with van der Waals surface area (Å²) in [7, 11) is 1.88. The van der Waals surface area contributed by atoms with Crippen molar-refractivity contribution >= 4 is 5.91 Å². The van der Waals surface area contributed by atoms with Crippen LogP contribution in [-0.2, 0) is 9.53 Å². The fraction of sp³-hybridized carbons (Fsp3) is 0.917. The molecule has 0 radical (unpaired) electrons. The number of likely N-dealkylation sites (N-methyl/N-ethyl adjacent to an activating group) is 1. The normalized spacial score (nSPS) is 18.5. The van der Waals surface area contributed by atoms with Crippen molar-refractivity contribution < 1.29 is 9.53 Å². The van der Waals surface area contributed by atoms with Crippen molar-refractivity contribution in [2.75, 3.05) is 46.4 Å². The van der Waals surface area contributed by atoms with Crippen LogP contribution in [0.4, 0.5) is 0 Å². The minimum absolute atomic E-state index is 0.209. The van der Waals surface area contributed by atoms with Gasteiger partial charge >= 0.3 is 0 Å². The Bertz CT molecular complexity index is 230. The van der Waals surface area contributed by atoms with Gasteiger partial charge in [0.2, 0.25) is 5.91 Å². The van der Waals surface area contributed by atoms with Crippen LogP contribution in [0.15, 0.2) is 0 Å². The van der Waals surface area contributed by atoms with Crippen molar-refractivity contribution in [3.05, 3.63) is 0 Å². The molecule has 1 heterocycles. The molecule has 4 nitrogen and oxygen atoms in total. The molecule has 0 bridgehead atoms. The van der Waals surface area contributed by atoms with Crippen LogP contribution in [0, 0.1) is 5.41 Å². The number of hydrogen-bond acceptors (Lipinski definition) is 3. The van der Waals surface area contributed by atoms with Gasteiger partial charge in [0.15, 0.2) is 0 Å². The smallest absolute Gasteiger partial charge is 0.227 e. The van der Waals surface area contributed by atoms with E-state index in [1.54, 1.807) is 0 Å². The number of nitrogens with zero attached hydrogens (tertiary/aromatic N) is 2. The van der Waals surface area contributed by atoms with E-state index in [2.05, 4.69) is 4.90 Å². The van der Waals surface area contributed by atoms with E-state index in [9.17, 15) is 4.79 Å². The van der Waals surface area contributed by atoms with Crippen LogP contribution in [0.1, 0.15) is 20.8 Å². The summed E-state index contributed by atoms with van der Waals surface area (Å²) >= 11 is 0. The summed E-state index contributed by atoms with van der Waals surface area (Å²) in [6, 6.07) is 0. The lowest BCUT2D eigenvalue weighted by Crippen LogP contribution is -2.44. The molecule has 0 saturated carbocycles. The Kier molecular flexibility index (Phi) is 4.74. The minimum atomic E-state index is -0.278. The Hall–Kier alpha value is -0.610. The van der Waals surface area contributed by atoms with E-state index in [1.165, 1.54) is 0 Å². The summed E-state index contributed by atoms with van der Waals surface area (Å²) in [4.78, 5) is 16.1. The largest absolute Gasteiger partial charge is 0.379 e. The first-order chi connectivity index (χ1) is 7.41. The number of hydrogen-bond donors (Lipinski definition) is 0. The molecule has 0 aromatic carbocycles. The average Bonchev–Trinajstić information content (AvgIpc) is 2.25. The van der Waals surface area contributed by atoms with Crippen LogP contribution in [0.3, 0.4) is 0 Å². The molecule has 1 aliphatic rings. The highest BCUT2D eigenvalue weighted by Gasteiger charge is 2.25. The van der Waals surface area contributed by atoms with Crippen molar-refractivity contribution in [2.45, 2.75) is 20.8 Å². The third-order valence-electron chi connectivity index (χ3n) is 2.84. The third kappa shape index (κ3) is 4.10. The van der Waals surface area contributed by atoms with Crippen LogP contribution in [0.5, 0.6) is 0 Å². The van der Waals surface area contributed by atoms with Crippen molar-refractivity contribution in [3.63, 3.8) is 0 Å². The summed E-state index contributed by atoms with van der Waals surface area (Å²) in [5.74, 6) is 0.209. The minimum Gasteiger partial charge on any atom is -0.379 e. The van der Waals surface area contributed by atoms with E-state index >= 15 is 0 Å². The maximum Gasteiger partial charge on any atom is 0.227 e. The molecule has 0 N–H and O–H groups in total. The van der Waals surface area contributed by atoms with Crippen LogP contribution < -0.4 is 0 Å². The number of carbonyl (C=O) groups is 1. The van der Waals surface area contributed by atoms with E-state index < -0.39 is 0 Å². The van der Waals surface area contributed by atoms with Crippen LogP contribution in [0.25, 0.3) is 0 Å². The number of amides is 1. The molecular weight excluding hydrogens is 204 g/mol. The van der Waals surface area contributed by atoms with E-state index in [0.717, 1.165) is 39.4 Å². The standard InChI is InChI=1S/C12H24N2O2/c1-12(2,3)11(15)13(4)5-6-14-7-9-16-10-8-14/h5-10H2,1-4H3. The second-order valence-corrected chi connectivity index (χ2v) is 5.43. The number of ether oxygens (including phenoxy) is 1. The maximum absolute atomic E-state index is 11.9. The highest BCUT2D eigenvalue weighted by atomic mass is 16.5. The monoisotopic (exact) mass is 228 g/mol. The molecule has 0 aliphatic carbocycles.